The van der Waals surface area contributed by atoms with E-state index < -0.39 is 4.92 Å². The van der Waals surface area contributed by atoms with Crippen LogP contribution >= 0.6 is 0 Å². The summed E-state index contributed by atoms with van der Waals surface area (Å²) in [6, 6.07) is 11.5. The Morgan fingerprint density at radius 3 is 2.50 bits per heavy atom. The lowest BCUT2D eigenvalue weighted by atomic mass is 10.1. The van der Waals surface area contributed by atoms with E-state index in [-0.39, 0.29) is 24.6 Å². The number of nitrogens with zero attached hydrogens (tertiary/aromatic N) is 1. The van der Waals surface area contributed by atoms with Crippen molar-refractivity contribution < 1.29 is 14.8 Å². The minimum atomic E-state index is -0.519. The molecule has 2 aromatic rings. The minimum absolute atomic E-state index is 0.0297. The Kier molecular flexibility index (Phi) is 4.17. The van der Waals surface area contributed by atoms with Gasteiger partial charge in [-0.1, -0.05) is 24.3 Å². The average molecular weight is 274 g/mol. The molecule has 0 atom stereocenters. The van der Waals surface area contributed by atoms with E-state index in [0.717, 1.165) is 5.56 Å². The van der Waals surface area contributed by atoms with Crippen molar-refractivity contribution in [2.75, 3.05) is 5.73 Å². The average Bonchev–Trinajstić information content (AvgIpc) is 2.46. The lowest BCUT2D eigenvalue weighted by molar-refractivity contribution is -0.384. The Morgan fingerprint density at radius 1 is 1.20 bits per heavy atom. The van der Waals surface area contributed by atoms with E-state index in [9.17, 15) is 10.1 Å². The first-order valence-corrected chi connectivity index (χ1v) is 5.96. The summed E-state index contributed by atoms with van der Waals surface area (Å²) in [6.45, 7) is 0.115. The molecule has 6 nitrogen and oxygen atoms in total. The summed E-state index contributed by atoms with van der Waals surface area (Å²) >= 11 is 0. The Morgan fingerprint density at radius 2 is 1.90 bits per heavy atom. The van der Waals surface area contributed by atoms with E-state index in [4.69, 9.17) is 15.6 Å². The van der Waals surface area contributed by atoms with E-state index in [0.29, 0.717) is 11.3 Å². The van der Waals surface area contributed by atoms with Crippen LogP contribution in [0, 0.1) is 10.1 Å². The normalized spacial score (nSPS) is 10.2. The lowest BCUT2D eigenvalue weighted by Crippen LogP contribution is -2.03. The summed E-state index contributed by atoms with van der Waals surface area (Å²) in [6.07, 6.45) is 0. The molecule has 0 amide bonds. The molecule has 0 radical (unpaired) electrons. The van der Waals surface area contributed by atoms with Gasteiger partial charge < -0.3 is 15.6 Å². The first-order valence-electron chi connectivity index (χ1n) is 5.96. The molecule has 0 aliphatic rings. The quantitative estimate of drug-likeness (QED) is 0.495. The zero-order valence-electron chi connectivity index (χ0n) is 10.7. The molecule has 3 N–H and O–H groups in total. The van der Waals surface area contributed by atoms with E-state index in [1.807, 2.05) is 0 Å². The molecule has 0 spiro atoms. The highest BCUT2D eigenvalue weighted by Gasteiger charge is 2.14. The molecule has 0 fully saturated rings. The van der Waals surface area contributed by atoms with E-state index in [1.54, 1.807) is 36.4 Å². The van der Waals surface area contributed by atoms with Crippen molar-refractivity contribution in [2.24, 2.45) is 0 Å². The maximum absolute atomic E-state index is 10.8. The van der Waals surface area contributed by atoms with Crippen molar-refractivity contribution in [3.05, 3.63) is 63.7 Å². The molecule has 0 heterocycles. The lowest BCUT2D eigenvalue weighted by Gasteiger charge is -2.09. The summed E-state index contributed by atoms with van der Waals surface area (Å²) in [5, 5.41) is 19.7. The van der Waals surface area contributed by atoms with E-state index >= 15 is 0 Å². The second kappa shape index (κ2) is 6.03. The van der Waals surface area contributed by atoms with Gasteiger partial charge in [0.05, 0.1) is 11.5 Å². The molecule has 0 aliphatic heterocycles. The topological polar surface area (TPSA) is 98.6 Å². The summed E-state index contributed by atoms with van der Waals surface area (Å²) in [5.74, 6) is 0.605. The number of rotatable bonds is 5. The number of nitro groups is 1. The number of aliphatic hydroxyl groups is 1. The van der Waals surface area contributed by atoms with Crippen LogP contribution in [0.25, 0.3) is 0 Å². The number of nitrogens with two attached hydrogens (primary N) is 1. The third kappa shape index (κ3) is 3.04. The number of benzene rings is 2. The molecule has 0 saturated heterocycles. The van der Waals surface area contributed by atoms with Crippen LogP contribution in [-0.4, -0.2) is 10.0 Å². The molecule has 6 heteroatoms. The van der Waals surface area contributed by atoms with Crippen LogP contribution in [0.5, 0.6) is 5.75 Å². The van der Waals surface area contributed by atoms with Crippen LogP contribution < -0.4 is 10.5 Å². The van der Waals surface area contributed by atoms with E-state index in [2.05, 4.69) is 0 Å². The first kappa shape index (κ1) is 13.8. The van der Waals surface area contributed by atoms with Gasteiger partial charge in [0.2, 0.25) is 0 Å². The first-order chi connectivity index (χ1) is 9.61. The van der Waals surface area contributed by atoms with E-state index in [1.165, 1.54) is 6.07 Å². The van der Waals surface area contributed by atoms with Crippen LogP contribution in [0.4, 0.5) is 11.4 Å². The van der Waals surface area contributed by atoms with Gasteiger partial charge in [-0.15, -0.1) is 0 Å². The van der Waals surface area contributed by atoms with Crippen molar-refractivity contribution >= 4 is 11.4 Å². The third-order valence-corrected chi connectivity index (χ3v) is 2.87. The summed E-state index contributed by atoms with van der Waals surface area (Å²) in [7, 11) is 0. The molecule has 0 bridgehead atoms. The molecule has 0 saturated carbocycles. The van der Waals surface area contributed by atoms with Gasteiger partial charge in [0.25, 0.3) is 5.69 Å². The summed E-state index contributed by atoms with van der Waals surface area (Å²) < 4.78 is 5.52. The summed E-state index contributed by atoms with van der Waals surface area (Å²) in [5.41, 5.74) is 7.08. The largest absolute Gasteiger partial charge is 0.489 e. The zero-order chi connectivity index (χ0) is 14.5. The number of ether oxygens (including phenoxy) is 1. The smallest absolute Gasteiger partial charge is 0.292 e. The van der Waals surface area contributed by atoms with Gasteiger partial charge in [-0.25, -0.2) is 0 Å². The highest BCUT2D eigenvalue weighted by atomic mass is 16.6. The standard InChI is InChI=1S/C14H14N2O4/c15-14-11(2-1-3-13(14)16(18)19)9-20-12-6-4-10(8-17)5-7-12/h1-7,17H,8-9,15H2. The van der Waals surface area contributed by atoms with Gasteiger partial charge in [0, 0.05) is 11.6 Å². The maximum atomic E-state index is 10.8. The van der Waals surface area contributed by atoms with Crippen molar-refractivity contribution in [1.82, 2.24) is 0 Å². The molecule has 2 rings (SSSR count). The summed E-state index contributed by atoms with van der Waals surface area (Å²) in [4.78, 5) is 10.3. The third-order valence-electron chi connectivity index (χ3n) is 2.87. The van der Waals surface area contributed by atoms with Crippen LogP contribution in [-0.2, 0) is 13.2 Å². The van der Waals surface area contributed by atoms with Gasteiger partial charge >= 0.3 is 0 Å². The number of hydrogen-bond donors (Lipinski definition) is 2. The molecule has 0 aromatic heterocycles. The Bertz CT molecular complexity index is 611. The monoisotopic (exact) mass is 274 g/mol. The highest BCUT2D eigenvalue weighted by molar-refractivity contribution is 5.62. The molecule has 20 heavy (non-hydrogen) atoms. The second-order valence-corrected chi connectivity index (χ2v) is 4.20. The Hall–Kier alpha value is -2.60. The Balaban J connectivity index is 2.10. The molecular formula is C14H14N2O4. The molecule has 0 unspecified atom stereocenters. The number of para-hydroxylation sites is 1. The number of anilines is 1. The number of hydrogen-bond acceptors (Lipinski definition) is 5. The SMILES string of the molecule is Nc1c(COc2ccc(CO)cc2)cccc1[N+](=O)[O-]. The van der Waals surface area contributed by atoms with Crippen LogP contribution in [0.15, 0.2) is 42.5 Å². The van der Waals surface area contributed by atoms with Gasteiger partial charge in [0.15, 0.2) is 0 Å². The molecule has 104 valence electrons. The molecule has 0 aliphatic carbocycles. The van der Waals surface area contributed by atoms with Crippen LogP contribution in [0.3, 0.4) is 0 Å². The van der Waals surface area contributed by atoms with Crippen molar-refractivity contribution in [1.29, 1.82) is 0 Å². The molecule has 2 aromatic carbocycles. The Labute approximate surface area is 115 Å². The predicted molar refractivity (Wildman–Crippen MR) is 74.2 cm³/mol. The van der Waals surface area contributed by atoms with Gasteiger partial charge in [-0.3, -0.25) is 10.1 Å². The second-order valence-electron chi connectivity index (χ2n) is 4.20. The van der Waals surface area contributed by atoms with Crippen molar-refractivity contribution in [3.8, 4) is 5.75 Å². The number of nitrogen functional groups attached to an aromatic ring is 1. The highest BCUT2D eigenvalue weighted by Crippen LogP contribution is 2.26. The van der Waals surface area contributed by atoms with Gasteiger partial charge in [0.1, 0.15) is 18.0 Å². The zero-order valence-corrected chi connectivity index (χ0v) is 10.7. The van der Waals surface area contributed by atoms with Crippen molar-refractivity contribution in [3.63, 3.8) is 0 Å². The number of aliphatic hydroxyl groups excluding tert-OH is 1. The maximum Gasteiger partial charge on any atom is 0.292 e. The molecular weight excluding hydrogens is 260 g/mol. The predicted octanol–water partition coefficient (Wildman–Crippen LogP) is 2.25. The van der Waals surface area contributed by atoms with Gasteiger partial charge in [-0.05, 0) is 17.7 Å². The fourth-order valence-corrected chi connectivity index (χ4v) is 1.74. The van der Waals surface area contributed by atoms with Crippen LogP contribution in [0.2, 0.25) is 0 Å². The number of nitro benzene ring substituents is 1. The minimum Gasteiger partial charge on any atom is -0.489 e. The fraction of sp³-hybridized carbons (Fsp3) is 0.143. The van der Waals surface area contributed by atoms with Crippen LogP contribution in [0.1, 0.15) is 11.1 Å². The fourth-order valence-electron chi connectivity index (χ4n) is 1.74. The van der Waals surface area contributed by atoms with Gasteiger partial charge in [-0.2, -0.15) is 0 Å². The van der Waals surface area contributed by atoms with Crippen molar-refractivity contribution in [2.45, 2.75) is 13.2 Å².